The van der Waals surface area contributed by atoms with Gasteiger partial charge in [-0.25, -0.2) is 0 Å². The Morgan fingerprint density at radius 1 is 1.44 bits per heavy atom. The highest BCUT2D eigenvalue weighted by Crippen LogP contribution is 2.22. The van der Waals surface area contributed by atoms with Crippen molar-refractivity contribution in [2.24, 2.45) is 0 Å². The lowest BCUT2D eigenvalue weighted by atomic mass is 10.2. The van der Waals surface area contributed by atoms with Crippen LogP contribution in [0.4, 0.5) is 0 Å². The van der Waals surface area contributed by atoms with E-state index in [0.717, 1.165) is 13.0 Å². The number of thiophene rings is 1. The molecule has 0 amide bonds. The molecule has 1 heterocycles. The van der Waals surface area contributed by atoms with E-state index in [4.69, 9.17) is 0 Å². The molecule has 1 N–H and O–H groups in total. The van der Waals surface area contributed by atoms with Crippen LogP contribution in [0, 0.1) is 6.92 Å². The molecular formula is C12H21NOS2. The topological polar surface area (TPSA) is 29.1 Å². The van der Waals surface area contributed by atoms with Crippen LogP contribution in [-0.4, -0.2) is 22.3 Å². The van der Waals surface area contributed by atoms with Crippen molar-refractivity contribution in [3.63, 3.8) is 0 Å². The van der Waals surface area contributed by atoms with Gasteiger partial charge in [-0.05, 0) is 38.9 Å². The van der Waals surface area contributed by atoms with Gasteiger partial charge in [0.15, 0.2) is 0 Å². The number of nitrogens with one attached hydrogen (secondary N) is 1. The first-order chi connectivity index (χ1) is 7.50. The highest BCUT2D eigenvalue weighted by atomic mass is 32.2. The van der Waals surface area contributed by atoms with Gasteiger partial charge < -0.3 is 5.32 Å². The van der Waals surface area contributed by atoms with E-state index in [-0.39, 0.29) is 5.25 Å². The molecule has 1 aromatic heterocycles. The number of aryl methyl sites for hydroxylation is 1. The van der Waals surface area contributed by atoms with Gasteiger partial charge in [-0.2, -0.15) is 0 Å². The predicted octanol–water partition coefficient (Wildman–Crippen LogP) is 2.86. The molecule has 0 radical (unpaired) electrons. The number of rotatable bonds is 6. The van der Waals surface area contributed by atoms with E-state index < -0.39 is 10.8 Å². The smallest absolute Gasteiger partial charge is 0.0386 e. The van der Waals surface area contributed by atoms with Gasteiger partial charge in [0.1, 0.15) is 0 Å². The summed E-state index contributed by atoms with van der Waals surface area (Å²) in [6.45, 7) is 7.28. The van der Waals surface area contributed by atoms with Crippen LogP contribution in [0.15, 0.2) is 12.1 Å². The fourth-order valence-corrected chi connectivity index (χ4v) is 2.81. The molecule has 0 saturated carbocycles. The molecule has 1 rings (SSSR count). The first-order valence-electron chi connectivity index (χ1n) is 5.62. The van der Waals surface area contributed by atoms with Gasteiger partial charge in [0, 0.05) is 38.1 Å². The van der Waals surface area contributed by atoms with Crippen LogP contribution in [0.1, 0.15) is 36.1 Å². The van der Waals surface area contributed by atoms with Crippen molar-refractivity contribution in [1.29, 1.82) is 0 Å². The van der Waals surface area contributed by atoms with Gasteiger partial charge in [-0.1, -0.05) is 6.92 Å². The third-order valence-corrected chi connectivity index (χ3v) is 5.31. The zero-order chi connectivity index (χ0) is 12.1. The molecule has 0 aliphatic carbocycles. The Labute approximate surface area is 105 Å². The van der Waals surface area contributed by atoms with Crippen LogP contribution >= 0.6 is 11.3 Å². The second kappa shape index (κ2) is 6.52. The zero-order valence-electron chi connectivity index (χ0n) is 10.4. The van der Waals surface area contributed by atoms with Gasteiger partial charge >= 0.3 is 0 Å². The Bertz CT molecular complexity index is 349. The van der Waals surface area contributed by atoms with Crippen molar-refractivity contribution < 1.29 is 4.21 Å². The summed E-state index contributed by atoms with van der Waals surface area (Å²) >= 11 is 1.84. The minimum atomic E-state index is -0.703. The predicted molar refractivity (Wildman–Crippen MR) is 73.6 cm³/mol. The molecule has 0 fully saturated rings. The molecule has 0 bridgehead atoms. The van der Waals surface area contributed by atoms with Crippen molar-refractivity contribution in [2.45, 2.75) is 38.5 Å². The molecule has 0 saturated heterocycles. The summed E-state index contributed by atoms with van der Waals surface area (Å²) in [5.74, 6) is 0. The van der Waals surface area contributed by atoms with Crippen LogP contribution in [0.25, 0.3) is 0 Å². The molecule has 16 heavy (non-hydrogen) atoms. The minimum absolute atomic E-state index is 0.282. The standard InChI is InChI=1S/C12H21NOS2/c1-9-5-6-12(15-9)11(3)13-8-7-10(2)16(4)14/h5-6,10-11,13H,7-8H2,1-4H3/t10-,11+,16+/m1/s1. The fraction of sp³-hybridized carbons (Fsp3) is 0.667. The van der Waals surface area contributed by atoms with Crippen molar-refractivity contribution in [1.82, 2.24) is 5.32 Å². The van der Waals surface area contributed by atoms with Gasteiger partial charge in [-0.15, -0.1) is 11.3 Å². The first-order valence-corrected chi connectivity index (χ1v) is 8.06. The van der Waals surface area contributed by atoms with Crippen molar-refractivity contribution >= 4 is 22.1 Å². The maximum absolute atomic E-state index is 11.2. The molecule has 1 aromatic rings. The van der Waals surface area contributed by atoms with E-state index in [9.17, 15) is 4.21 Å². The number of hydrogen-bond acceptors (Lipinski definition) is 3. The quantitative estimate of drug-likeness (QED) is 0.851. The molecule has 0 spiro atoms. The molecule has 2 nitrogen and oxygen atoms in total. The maximum Gasteiger partial charge on any atom is 0.0386 e. The molecule has 0 aromatic carbocycles. The Kier molecular flexibility index (Phi) is 5.66. The first kappa shape index (κ1) is 13.9. The average molecular weight is 259 g/mol. The van der Waals surface area contributed by atoms with E-state index in [2.05, 4.69) is 31.3 Å². The third kappa shape index (κ3) is 4.36. The second-order valence-corrected chi connectivity index (χ2v) is 7.34. The Morgan fingerprint density at radius 3 is 2.62 bits per heavy atom. The molecule has 0 unspecified atom stereocenters. The molecule has 0 aliphatic heterocycles. The van der Waals surface area contributed by atoms with Crippen LogP contribution < -0.4 is 5.32 Å². The van der Waals surface area contributed by atoms with E-state index in [0.29, 0.717) is 6.04 Å². The Hall–Kier alpha value is -0.190. The van der Waals surface area contributed by atoms with Crippen molar-refractivity contribution in [3.8, 4) is 0 Å². The lowest BCUT2D eigenvalue weighted by Crippen LogP contribution is -2.23. The van der Waals surface area contributed by atoms with Gasteiger partial charge in [-0.3, -0.25) is 4.21 Å². The summed E-state index contributed by atoms with van der Waals surface area (Å²) in [4.78, 5) is 2.73. The molecule has 3 atom stereocenters. The molecule has 92 valence electrons. The summed E-state index contributed by atoms with van der Waals surface area (Å²) in [5.41, 5.74) is 0. The van der Waals surface area contributed by atoms with E-state index in [1.165, 1.54) is 9.75 Å². The largest absolute Gasteiger partial charge is 0.309 e. The van der Waals surface area contributed by atoms with Crippen molar-refractivity contribution in [3.05, 3.63) is 21.9 Å². The highest BCUT2D eigenvalue weighted by Gasteiger charge is 2.09. The van der Waals surface area contributed by atoms with Gasteiger partial charge in [0.25, 0.3) is 0 Å². The molecule has 4 heteroatoms. The van der Waals surface area contributed by atoms with E-state index >= 15 is 0 Å². The van der Waals surface area contributed by atoms with Crippen LogP contribution in [0.3, 0.4) is 0 Å². The van der Waals surface area contributed by atoms with Gasteiger partial charge in [0.2, 0.25) is 0 Å². The summed E-state index contributed by atoms with van der Waals surface area (Å²) in [6, 6.07) is 4.73. The maximum atomic E-state index is 11.2. The lowest BCUT2D eigenvalue weighted by Gasteiger charge is -2.14. The fourth-order valence-electron chi connectivity index (χ4n) is 1.46. The lowest BCUT2D eigenvalue weighted by molar-refractivity contribution is 0.560. The van der Waals surface area contributed by atoms with E-state index in [1.54, 1.807) is 6.26 Å². The summed E-state index contributed by atoms with van der Waals surface area (Å²) in [6.07, 6.45) is 2.74. The van der Waals surface area contributed by atoms with E-state index in [1.807, 2.05) is 18.3 Å². The summed E-state index contributed by atoms with van der Waals surface area (Å²) in [5, 5.41) is 3.76. The summed E-state index contributed by atoms with van der Waals surface area (Å²) < 4.78 is 11.2. The molecule has 0 aliphatic rings. The van der Waals surface area contributed by atoms with Crippen LogP contribution in [0.2, 0.25) is 0 Å². The molecular weight excluding hydrogens is 238 g/mol. The van der Waals surface area contributed by atoms with Crippen LogP contribution in [0.5, 0.6) is 0 Å². The van der Waals surface area contributed by atoms with Crippen LogP contribution in [-0.2, 0) is 10.8 Å². The second-order valence-electron chi connectivity index (χ2n) is 4.22. The van der Waals surface area contributed by atoms with Gasteiger partial charge in [0.05, 0.1) is 0 Å². The zero-order valence-corrected chi connectivity index (χ0v) is 12.1. The highest BCUT2D eigenvalue weighted by molar-refractivity contribution is 7.84. The normalized spacial score (nSPS) is 17.0. The average Bonchev–Trinajstić information content (AvgIpc) is 2.64. The Morgan fingerprint density at radius 2 is 2.12 bits per heavy atom. The third-order valence-electron chi connectivity index (χ3n) is 2.76. The number of hydrogen-bond donors (Lipinski definition) is 1. The minimum Gasteiger partial charge on any atom is -0.309 e. The SMILES string of the molecule is Cc1ccc([C@H](C)NCC[C@@H](C)[S@](C)=O)s1. The van der Waals surface area contributed by atoms with Crippen molar-refractivity contribution in [2.75, 3.05) is 12.8 Å². The monoisotopic (exact) mass is 259 g/mol. The summed E-state index contributed by atoms with van der Waals surface area (Å²) in [7, 11) is -0.703. The Balaban J connectivity index is 2.30.